The van der Waals surface area contributed by atoms with Crippen LogP contribution in [0.1, 0.15) is 79.5 Å². The predicted octanol–water partition coefficient (Wildman–Crippen LogP) is 11.2. The number of hydrogen-bond acceptors (Lipinski definition) is 0. The molecular weight excluding hydrogens is 504 g/mol. The predicted molar refractivity (Wildman–Crippen MR) is 180 cm³/mol. The smallest absolute Gasteiger partial charge is 0.0346 e. The van der Waals surface area contributed by atoms with E-state index >= 15 is 0 Å². The van der Waals surface area contributed by atoms with Crippen molar-refractivity contribution in [2.75, 3.05) is 0 Å². The Balaban J connectivity index is 0.00000300. The molecule has 0 fully saturated rings. The van der Waals surface area contributed by atoms with E-state index in [2.05, 4.69) is 156 Å². The zero-order valence-electron chi connectivity index (χ0n) is 25.1. The lowest BCUT2D eigenvalue weighted by Gasteiger charge is -2.26. The maximum absolute atomic E-state index is 2.56. The zero-order valence-corrected chi connectivity index (χ0v) is 25.1. The summed E-state index contributed by atoms with van der Waals surface area (Å²) in [6, 6.07) is 45.9. The Bertz CT molecular complexity index is 2040. The summed E-state index contributed by atoms with van der Waals surface area (Å²) in [5.74, 6) is 0.150. The molecule has 0 saturated heterocycles. The summed E-state index contributed by atoms with van der Waals surface area (Å²) in [5, 5.41) is 2.71. The first-order valence-corrected chi connectivity index (χ1v) is 15.2. The van der Waals surface area contributed by atoms with Crippen LogP contribution in [0.3, 0.4) is 0 Å². The van der Waals surface area contributed by atoms with Crippen LogP contribution in [0.4, 0.5) is 0 Å². The third-order valence-corrected chi connectivity index (χ3v) is 10.2. The van der Waals surface area contributed by atoms with Crippen molar-refractivity contribution < 1.29 is 1.43 Å². The number of hydrogen-bond donors (Lipinski definition) is 0. The number of aryl methyl sites for hydroxylation is 1. The first-order chi connectivity index (χ1) is 20.3. The lowest BCUT2D eigenvalue weighted by atomic mass is 9.76. The first-order valence-electron chi connectivity index (χ1n) is 15.2. The summed E-state index contributed by atoms with van der Waals surface area (Å²) in [5.41, 5.74) is 16.6. The van der Waals surface area contributed by atoms with E-state index in [0.717, 1.165) is 0 Å². The van der Waals surface area contributed by atoms with Gasteiger partial charge in [0, 0.05) is 18.2 Å². The minimum absolute atomic E-state index is 0. The van der Waals surface area contributed by atoms with E-state index in [4.69, 9.17) is 0 Å². The third kappa shape index (κ3) is 3.42. The molecule has 0 N–H and O–H groups in total. The van der Waals surface area contributed by atoms with Crippen molar-refractivity contribution in [3.63, 3.8) is 0 Å². The van der Waals surface area contributed by atoms with Gasteiger partial charge in [0.2, 0.25) is 0 Å². The molecule has 0 amide bonds. The fourth-order valence-corrected chi connectivity index (χ4v) is 8.09. The summed E-state index contributed by atoms with van der Waals surface area (Å²) in [4.78, 5) is 0. The van der Waals surface area contributed by atoms with Crippen molar-refractivity contribution in [2.24, 2.45) is 0 Å². The van der Waals surface area contributed by atoms with Crippen LogP contribution >= 0.6 is 0 Å². The van der Waals surface area contributed by atoms with Crippen LogP contribution in [0, 0.1) is 6.92 Å². The Morgan fingerprint density at radius 2 is 1.10 bits per heavy atom. The minimum Gasteiger partial charge on any atom is -0.0622 e. The standard InChI is InChI=1S/C42H36.H2/c1-26-14-13-17-28(22-26)39(27-15-7-6-8-16-27)33-24-38-40(31-20-10-9-18-29(31)33)34-25-36-32(23-37(34)42(38,4)5)30-19-11-12-21-35(30)41(36,2)3;/h6-25,39H,1-5H3;1H/i;1+1. The Kier molecular flexibility index (Phi) is 5.30. The molecule has 2 aliphatic carbocycles. The van der Waals surface area contributed by atoms with Crippen molar-refractivity contribution in [1.82, 2.24) is 0 Å². The van der Waals surface area contributed by atoms with E-state index in [-0.39, 0.29) is 18.2 Å². The number of rotatable bonds is 3. The van der Waals surface area contributed by atoms with Gasteiger partial charge in [0.1, 0.15) is 0 Å². The van der Waals surface area contributed by atoms with Crippen LogP contribution in [0.25, 0.3) is 33.0 Å². The van der Waals surface area contributed by atoms with Gasteiger partial charge in [-0.2, -0.15) is 0 Å². The van der Waals surface area contributed by atoms with Gasteiger partial charge in [-0.15, -0.1) is 0 Å². The largest absolute Gasteiger partial charge is 0.0622 e. The molecular formula is C42H38. The summed E-state index contributed by atoms with van der Waals surface area (Å²) in [6.45, 7) is 11.8. The lowest BCUT2D eigenvalue weighted by molar-refractivity contribution is 0.651. The molecule has 6 aromatic rings. The fraction of sp³-hybridized carbons (Fsp3) is 0.190. The second-order valence-electron chi connectivity index (χ2n) is 13.4. The van der Waals surface area contributed by atoms with Crippen molar-refractivity contribution in [1.29, 1.82) is 0 Å². The molecule has 6 aromatic carbocycles. The molecule has 8 rings (SSSR count). The van der Waals surface area contributed by atoms with Gasteiger partial charge in [0.25, 0.3) is 0 Å². The maximum Gasteiger partial charge on any atom is 0.0346 e. The fourth-order valence-electron chi connectivity index (χ4n) is 8.09. The first kappa shape index (κ1) is 25.3. The molecule has 0 spiro atoms. The Hall–Kier alpha value is -4.42. The second-order valence-corrected chi connectivity index (χ2v) is 13.4. The maximum atomic E-state index is 2.56. The number of benzene rings is 6. The molecule has 0 aromatic heterocycles. The molecule has 42 heavy (non-hydrogen) atoms. The van der Waals surface area contributed by atoms with E-state index < -0.39 is 0 Å². The molecule has 2 aliphatic rings. The average Bonchev–Trinajstić information content (AvgIpc) is 3.36. The highest BCUT2D eigenvalue weighted by Crippen LogP contribution is 2.58. The SMILES string of the molecule is Cc1cccc(C(c2ccccc2)c2cc3c(c4ccccc24)-c2cc4c(cc2C3(C)C)-c2ccccc2C4(C)C)c1.[2HH]. The molecule has 0 heteroatoms. The molecule has 1 unspecified atom stereocenters. The average molecular weight is 544 g/mol. The molecule has 1 atom stereocenters. The summed E-state index contributed by atoms with van der Waals surface area (Å²) < 4.78 is 0. The van der Waals surface area contributed by atoms with Crippen LogP contribution in [-0.4, -0.2) is 0 Å². The van der Waals surface area contributed by atoms with E-state index in [1.165, 1.54) is 77.5 Å². The molecule has 0 nitrogen and oxygen atoms in total. The van der Waals surface area contributed by atoms with Crippen molar-refractivity contribution in [2.45, 2.75) is 51.4 Å². The topological polar surface area (TPSA) is 0 Å². The van der Waals surface area contributed by atoms with E-state index in [1.807, 2.05) is 0 Å². The second kappa shape index (κ2) is 8.79. The van der Waals surface area contributed by atoms with Gasteiger partial charge in [-0.1, -0.05) is 142 Å². The molecule has 0 radical (unpaired) electrons. The summed E-state index contributed by atoms with van der Waals surface area (Å²) >= 11 is 0. The highest BCUT2D eigenvalue weighted by Gasteiger charge is 2.42. The van der Waals surface area contributed by atoms with Gasteiger partial charge in [0.15, 0.2) is 0 Å². The highest BCUT2D eigenvalue weighted by atomic mass is 14.5. The Labute approximate surface area is 251 Å². The van der Waals surface area contributed by atoms with E-state index in [0.29, 0.717) is 0 Å². The quantitative estimate of drug-likeness (QED) is 0.195. The van der Waals surface area contributed by atoms with E-state index in [9.17, 15) is 0 Å². The summed E-state index contributed by atoms with van der Waals surface area (Å²) in [7, 11) is 0. The summed E-state index contributed by atoms with van der Waals surface area (Å²) in [6.07, 6.45) is 0. The molecule has 0 heterocycles. The van der Waals surface area contributed by atoms with Gasteiger partial charge in [-0.05, 0) is 91.0 Å². The lowest BCUT2D eigenvalue weighted by Crippen LogP contribution is -2.17. The Morgan fingerprint density at radius 1 is 0.476 bits per heavy atom. The van der Waals surface area contributed by atoms with Crippen LogP contribution < -0.4 is 0 Å². The van der Waals surface area contributed by atoms with Crippen LogP contribution in [0.5, 0.6) is 0 Å². The van der Waals surface area contributed by atoms with Crippen molar-refractivity contribution >= 4 is 10.8 Å². The monoisotopic (exact) mass is 543 g/mol. The van der Waals surface area contributed by atoms with Gasteiger partial charge >= 0.3 is 0 Å². The van der Waals surface area contributed by atoms with Gasteiger partial charge in [0.05, 0.1) is 0 Å². The molecule has 0 aliphatic heterocycles. The molecule has 206 valence electrons. The van der Waals surface area contributed by atoms with Crippen molar-refractivity contribution in [3.05, 3.63) is 166 Å². The van der Waals surface area contributed by atoms with Crippen molar-refractivity contribution in [3.8, 4) is 22.3 Å². The van der Waals surface area contributed by atoms with Crippen LogP contribution in [0.15, 0.2) is 121 Å². The normalized spacial score (nSPS) is 16.0. The molecule has 0 saturated carbocycles. The molecule has 0 bridgehead atoms. The zero-order chi connectivity index (χ0) is 28.8. The Morgan fingerprint density at radius 3 is 1.88 bits per heavy atom. The number of fused-ring (bicyclic) bond motifs is 8. The minimum atomic E-state index is -0.117. The third-order valence-electron chi connectivity index (χ3n) is 10.2. The van der Waals surface area contributed by atoms with Gasteiger partial charge in [-0.25, -0.2) is 0 Å². The highest BCUT2D eigenvalue weighted by molar-refractivity contribution is 6.05. The van der Waals surface area contributed by atoms with Crippen LogP contribution in [0.2, 0.25) is 0 Å². The van der Waals surface area contributed by atoms with Gasteiger partial charge < -0.3 is 0 Å². The van der Waals surface area contributed by atoms with Gasteiger partial charge in [-0.3, -0.25) is 0 Å². The van der Waals surface area contributed by atoms with Crippen LogP contribution in [-0.2, 0) is 10.8 Å². The van der Waals surface area contributed by atoms with E-state index in [1.54, 1.807) is 0 Å².